The highest BCUT2D eigenvalue weighted by molar-refractivity contribution is 7.07. The molecule has 0 saturated heterocycles. The second-order valence-corrected chi connectivity index (χ2v) is 7.09. The summed E-state index contributed by atoms with van der Waals surface area (Å²) in [5.74, 6) is 0.0122. The molecule has 1 aromatic carbocycles. The number of carboxylic acids is 1. The van der Waals surface area contributed by atoms with Crippen molar-refractivity contribution in [2.45, 2.75) is 44.9 Å². The van der Waals surface area contributed by atoms with Crippen LogP contribution < -0.4 is 10.1 Å². The minimum absolute atomic E-state index is 0.119. The molecule has 0 radical (unpaired) electrons. The molecule has 3 rings (SSSR count). The van der Waals surface area contributed by atoms with Crippen LogP contribution in [0.3, 0.4) is 0 Å². The number of carboxylic acid groups (broad SMARTS) is 1. The van der Waals surface area contributed by atoms with Gasteiger partial charge in [-0.05, 0) is 43.9 Å². The van der Waals surface area contributed by atoms with E-state index in [1.807, 2.05) is 12.1 Å². The number of carbonyl (C=O) groups is 1. The van der Waals surface area contributed by atoms with Gasteiger partial charge in [0.2, 0.25) is 0 Å². The van der Waals surface area contributed by atoms with Crippen LogP contribution in [0.25, 0.3) is 0 Å². The Balaban J connectivity index is 1.70. The SMILES string of the molecule is CC1(C)CCc2cc(CNC(C(=O)O)c3cscn3)ccc2O1. The zero-order valence-corrected chi connectivity index (χ0v) is 14.0. The Hall–Kier alpha value is -1.92. The van der Waals surface area contributed by atoms with Crippen LogP contribution in [0.5, 0.6) is 5.75 Å². The summed E-state index contributed by atoms with van der Waals surface area (Å²) in [6.45, 7) is 4.67. The summed E-state index contributed by atoms with van der Waals surface area (Å²) >= 11 is 1.39. The monoisotopic (exact) mass is 332 g/mol. The van der Waals surface area contributed by atoms with E-state index in [9.17, 15) is 9.90 Å². The lowest BCUT2D eigenvalue weighted by Gasteiger charge is -2.32. The van der Waals surface area contributed by atoms with Gasteiger partial charge in [0.15, 0.2) is 0 Å². The molecular weight excluding hydrogens is 312 g/mol. The van der Waals surface area contributed by atoms with Crippen LogP contribution in [-0.2, 0) is 17.8 Å². The normalized spacial score (nSPS) is 17.1. The fourth-order valence-electron chi connectivity index (χ4n) is 2.72. The lowest BCUT2D eigenvalue weighted by Crippen LogP contribution is -2.32. The van der Waals surface area contributed by atoms with Crippen LogP contribution in [0.4, 0.5) is 0 Å². The Kier molecular flexibility index (Phi) is 4.37. The molecule has 2 N–H and O–H groups in total. The van der Waals surface area contributed by atoms with Gasteiger partial charge < -0.3 is 9.84 Å². The quantitative estimate of drug-likeness (QED) is 0.880. The molecule has 1 aromatic heterocycles. The Morgan fingerprint density at radius 3 is 3.04 bits per heavy atom. The van der Waals surface area contributed by atoms with Gasteiger partial charge in [0.25, 0.3) is 0 Å². The molecule has 1 atom stereocenters. The molecular formula is C17H20N2O3S. The largest absolute Gasteiger partial charge is 0.488 e. The Morgan fingerprint density at radius 2 is 2.35 bits per heavy atom. The van der Waals surface area contributed by atoms with Gasteiger partial charge in [0, 0.05) is 11.9 Å². The first-order valence-electron chi connectivity index (χ1n) is 7.60. The molecule has 6 heteroatoms. The number of nitrogens with zero attached hydrogens (tertiary/aromatic N) is 1. The molecule has 5 nitrogen and oxygen atoms in total. The van der Waals surface area contributed by atoms with Crippen molar-refractivity contribution in [3.8, 4) is 5.75 Å². The summed E-state index contributed by atoms with van der Waals surface area (Å²) in [5, 5.41) is 14.2. The van der Waals surface area contributed by atoms with Gasteiger partial charge in [-0.1, -0.05) is 12.1 Å². The van der Waals surface area contributed by atoms with Gasteiger partial charge in [-0.3, -0.25) is 10.1 Å². The number of ether oxygens (including phenoxy) is 1. The van der Waals surface area contributed by atoms with E-state index >= 15 is 0 Å². The van der Waals surface area contributed by atoms with Gasteiger partial charge in [0.05, 0.1) is 11.2 Å². The van der Waals surface area contributed by atoms with Crippen molar-refractivity contribution in [2.75, 3.05) is 0 Å². The number of hydrogen-bond acceptors (Lipinski definition) is 5. The van der Waals surface area contributed by atoms with Crippen molar-refractivity contribution in [1.82, 2.24) is 10.3 Å². The number of benzene rings is 1. The summed E-state index contributed by atoms with van der Waals surface area (Å²) in [7, 11) is 0. The molecule has 1 aliphatic rings. The molecule has 0 amide bonds. The molecule has 0 saturated carbocycles. The number of aryl methyl sites for hydroxylation is 1. The lowest BCUT2D eigenvalue weighted by molar-refractivity contribution is -0.139. The minimum Gasteiger partial charge on any atom is -0.488 e. The Labute approximate surface area is 139 Å². The predicted molar refractivity (Wildman–Crippen MR) is 88.8 cm³/mol. The van der Waals surface area contributed by atoms with E-state index in [1.165, 1.54) is 16.9 Å². The van der Waals surface area contributed by atoms with Crippen molar-refractivity contribution in [3.05, 3.63) is 45.9 Å². The van der Waals surface area contributed by atoms with E-state index in [4.69, 9.17) is 4.74 Å². The highest BCUT2D eigenvalue weighted by Crippen LogP contribution is 2.33. The molecule has 122 valence electrons. The smallest absolute Gasteiger partial charge is 0.327 e. The second-order valence-electron chi connectivity index (χ2n) is 6.37. The second kappa shape index (κ2) is 6.29. The highest BCUT2D eigenvalue weighted by atomic mass is 32.1. The molecule has 1 aliphatic heterocycles. The van der Waals surface area contributed by atoms with Gasteiger partial charge >= 0.3 is 5.97 Å². The highest BCUT2D eigenvalue weighted by Gasteiger charge is 2.26. The van der Waals surface area contributed by atoms with E-state index in [-0.39, 0.29) is 5.60 Å². The third-order valence-electron chi connectivity index (χ3n) is 4.01. The zero-order chi connectivity index (χ0) is 16.4. The van der Waals surface area contributed by atoms with E-state index in [0.29, 0.717) is 12.2 Å². The van der Waals surface area contributed by atoms with Crippen molar-refractivity contribution < 1.29 is 14.6 Å². The maximum Gasteiger partial charge on any atom is 0.327 e. The molecule has 2 heterocycles. The predicted octanol–water partition coefficient (Wildman–Crippen LogP) is 3.16. The summed E-state index contributed by atoms with van der Waals surface area (Å²) in [4.78, 5) is 15.5. The maximum atomic E-state index is 11.4. The number of aliphatic carboxylic acids is 1. The third-order valence-corrected chi connectivity index (χ3v) is 4.62. The van der Waals surface area contributed by atoms with E-state index in [1.54, 1.807) is 10.9 Å². The van der Waals surface area contributed by atoms with E-state index in [2.05, 4.69) is 30.2 Å². The Morgan fingerprint density at radius 1 is 1.52 bits per heavy atom. The maximum absolute atomic E-state index is 11.4. The standard InChI is InChI=1S/C17H20N2O3S/c1-17(2)6-5-12-7-11(3-4-14(12)22-17)8-18-15(16(20)21)13-9-23-10-19-13/h3-4,7,9-10,15,18H,5-6,8H2,1-2H3,(H,20,21). The fourth-order valence-corrected chi connectivity index (χ4v) is 3.30. The number of aromatic nitrogens is 1. The van der Waals surface area contributed by atoms with Crippen LogP contribution in [-0.4, -0.2) is 21.7 Å². The summed E-state index contributed by atoms with van der Waals surface area (Å²) in [6.07, 6.45) is 1.96. The van der Waals surface area contributed by atoms with Crippen LogP contribution in [0.15, 0.2) is 29.1 Å². The third kappa shape index (κ3) is 3.71. The van der Waals surface area contributed by atoms with Crippen molar-refractivity contribution in [2.24, 2.45) is 0 Å². The van der Waals surface area contributed by atoms with Crippen molar-refractivity contribution in [3.63, 3.8) is 0 Å². The van der Waals surface area contributed by atoms with Gasteiger partial charge in [-0.2, -0.15) is 0 Å². The van der Waals surface area contributed by atoms with Gasteiger partial charge in [0.1, 0.15) is 17.4 Å². The molecule has 23 heavy (non-hydrogen) atoms. The number of thiazole rings is 1. The molecule has 1 unspecified atom stereocenters. The number of rotatable bonds is 5. The molecule has 0 spiro atoms. The van der Waals surface area contributed by atoms with Gasteiger partial charge in [-0.15, -0.1) is 11.3 Å². The summed E-state index contributed by atoms with van der Waals surface area (Å²) in [6, 6.07) is 5.27. The first-order valence-corrected chi connectivity index (χ1v) is 8.54. The van der Waals surface area contributed by atoms with E-state index in [0.717, 1.165) is 24.2 Å². The average Bonchev–Trinajstić information content (AvgIpc) is 3.00. The van der Waals surface area contributed by atoms with Crippen LogP contribution >= 0.6 is 11.3 Å². The van der Waals surface area contributed by atoms with E-state index < -0.39 is 12.0 Å². The summed E-state index contributed by atoms with van der Waals surface area (Å²) < 4.78 is 5.97. The van der Waals surface area contributed by atoms with Crippen LogP contribution in [0, 0.1) is 0 Å². The van der Waals surface area contributed by atoms with Crippen LogP contribution in [0.2, 0.25) is 0 Å². The zero-order valence-electron chi connectivity index (χ0n) is 13.2. The molecule has 0 bridgehead atoms. The molecule has 2 aromatic rings. The van der Waals surface area contributed by atoms with Crippen LogP contribution in [0.1, 0.15) is 43.1 Å². The number of hydrogen-bond donors (Lipinski definition) is 2. The van der Waals surface area contributed by atoms with Crippen molar-refractivity contribution in [1.29, 1.82) is 0 Å². The number of fused-ring (bicyclic) bond motifs is 1. The topological polar surface area (TPSA) is 71.5 Å². The first kappa shape index (κ1) is 16.0. The minimum atomic E-state index is -0.918. The van der Waals surface area contributed by atoms with Crippen molar-refractivity contribution >= 4 is 17.3 Å². The average molecular weight is 332 g/mol. The fraction of sp³-hybridized carbons (Fsp3) is 0.412. The molecule has 0 fully saturated rings. The van der Waals surface area contributed by atoms with Gasteiger partial charge in [-0.25, -0.2) is 4.98 Å². The Bertz CT molecular complexity index is 698. The first-order chi connectivity index (χ1) is 10.9. The molecule has 0 aliphatic carbocycles. The lowest BCUT2D eigenvalue weighted by atomic mass is 9.93. The summed E-state index contributed by atoms with van der Waals surface area (Å²) in [5.41, 5.74) is 4.31. The number of nitrogens with one attached hydrogen (secondary N) is 1.